The summed E-state index contributed by atoms with van der Waals surface area (Å²) in [5.74, 6) is -0.329. The van der Waals surface area contributed by atoms with Gasteiger partial charge < -0.3 is 9.84 Å². The standard InChI is InChI=1S/C15H24O3S/c1-3-5-6-7-8-10-18-13-11-12(9-4-2)19-14(13)15(16)17/h11H,3-10H2,1-2H3,(H,16,17). The van der Waals surface area contributed by atoms with E-state index in [0.717, 1.165) is 30.6 Å². The van der Waals surface area contributed by atoms with Crippen LogP contribution >= 0.6 is 11.3 Å². The minimum Gasteiger partial charge on any atom is -0.492 e. The lowest BCUT2D eigenvalue weighted by atomic mass is 10.2. The highest BCUT2D eigenvalue weighted by molar-refractivity contribution is 7.14. The fourth-order valence-electron chi connectivity index (χ4n) is 1.94. The second-order valence-corrected chi connectivity index (χ2v) is 5.86. The molecule has 1 N–H and O–H groups in total. The number of carboxylic acid groups (broad SMARTS) is 1. The van der Waals surface area contributed by atoms with Crippen molar-refractivity contribution in [3.8, 4) is 5.75 Å². The number of carboxylic acids is 1. The van der Waals surface area contributed by atoms with Gasteiger partial charge >= 0.3 is 5.97 Å². The average Bonchev–Trinajstić information content (AvgIpc) is 2.77. The number of unbranched alkanes of at least 4 members (excludes halogenated alkanes) is 4. The molecule has 4 heteroatoms. The first-order chi connectivity index (χ1) is 9.19. The first-order valence-corrected chi connectivity index (χ1v) is 7.99. The summed E-state index contributed by atoms with van der Waals surface area (Å²) in [7, 11) is 0. The summed E-state index contributed by atoms with van der Waals surface area (Å²) in [4.78, 5) is 12.6. The maximum absolute atomic E-state index is 11.1. The Bertz CT molecular complexity index is 385. The smallest absolute Gasteiger partial charge is 0.349 e. The van der Waals surface area contributed by atoms with Crippen molar-refractivity contribution in [1.29, 1.82) is 0 Å². The van der Waals surface area contributed by atoms with Crippen molar-refractivity contribution in [2.75, 3.05) is 6.61 Å². The van der Waals surface area contributed by atoms with Crippen molar-refractivity contribution in [1.82, 2.24) is 0 Å². The third-order valence-corrected chi connectivity index (χ3v) is 4.11. The van der Waals surface area contributed by atoms with Gasteiger partial charge in [0.05, 0.1) is 6.61 Å². The average molecular weight is 284 g/mol. The van der Waals surface area contributed by atoms with Gasteiger partial charge in [-0.3, -0.25) is 0 Å². The SMILES string of the molecule is CCCCCCCOc1cc(CCC)sc1C(=O)O. The zero-order chi connectivity index (χ0) is 14.1. The van der Waals surface area contributed by atoms with E-state index < -0.39 is 5.97 Å². The molecule has 0 fully saturated rings. The lowest BCUT2D eigenvalue weighted by Crippen LogP contribution is -2.01. The molecule has 1 rings (SSSR count). The fourth-order valence-corrected chi connectivity index (χ4v) is 2.98. The molecule has 108 valence electrons. The molecule has 0 radical (unpaired) electrons. The van der Waals surface area contributed by atoms with Crippen LogP contribution in [0.15, 0.2) is 6.07 Å². The Kier molecular flexibility index (Phi) is 7.56. The van der Waals surface area contributed by atoms with Crippen molar-refractivity contribution in [2.24, 2.45) is 0 Å². The van der Waals surface area contributed by atoms with E-state index in [1.807, 2.05) is 6.07 Å². The van der Waals surface area contributed by atoms with E-state index in [2.05, 4.69) is 13.8 Å². The highest BCUT2D eigenvalue weighted by Crippen LogP contribution is 2.30. The van der Waals surface area contributed by atoms with Gasteiger partial charge in [0.1, 0.15) is 5.75 Å². The summed E-state index contributed by atoms with van der Waals surface area (Å²) < 4.78 is 5.64. The molecule has 0 saturated heterocycles. The minimum atomic E-state index is -0.881. The summed E-state index contributed by atoms with van der Waals surface area (Å²) in [5.41, 5.74) is 0. The maximum Gasteiger partial charge on any atom is 0.349 e. The lowest BCUT2D eigenvalue weighted by molar-refractivity contribution is 0.0698. The summed E-state index contributed by atoms with van der Waals surface area (Å²) in [6, 6.07) is 1.89. The molecule has 0 bridgehead atoms. The third kappa shape index (κ3) is 5.64. The Morgan fingerprint density at radius 2 is 1.95 bits per heavy atom. The Balaban J connectivity index is 2.44. The van der Waals surface area contributed by atoms with Gasteiger partial charge in [-0.1, -0.05) is 46.0 Å². The van der Waals surface area contributed by atoms with E-state index in [0.29, 0.717) is 17.2 Å². The van der Waals surface area contributed by atoms with Crippen LogP contribution in [0.2, 0.25) is 0 Å². The van der Waals surface area contributed by atoms with E-state index in [1.54, 1.807) is 0 Å². The van der Waals surface area contributed by atoms with Gasteiger partial charge in [-0.25, -0.2) is 4.79 Å². The molecule has 0 aliphatic rings. The highest BCUT2D eigenvalue weighted by atomic mass is 32.1. The van der Waals surface area contributed by atoms with Gasteiger partial charge in [0.2, 0.25) is 0 Å². The zero-order valence-corrected chi connectivity index (χ0v) is 12.7. The number of rotatable bonds is 10. The number of hydrogen-bond acceptors (Lipinski definition) is 3. The van der Waals surface area contributed by atoms with Gasteiger partial charge in [0, 0.05) is 4.88 Å². The first kappa shape index (κ1) is 16.0. The molecule has 0 saturated carbocycles. The monoisotopic (exact) mass is 284 g/mol. The Morgan fingerprint density at radius 1 is 1.21 bits per heavy atom. The summed E-state index contributed by atoms with van der Waals surface area (Å²) in [6.07, 6.45) is 7.83. The van der Waals surface area contributed by atoms with E-state index in [1.165, 1.54) is 30.6 Å². The fraction of sp³-hybridized carbons (Fsp3) is 0.667. The number of thiophene rings is 1. The maximum atomic E-state index is 11.1. The zero-order valence-electron chi connectivity index (χ0n) is 11.9. The molecule has 0 aliphatic heterocycles. The Morgan fingerprint density at radius 3 is 2.58 bits per heavy atom. The molecule has 0 amide bonds. The van der Waals surface area contributed by atoms with Crippen LogP contribution in [0.25, 0.3) is 0 Å². The highest BCUT2D eigenvalue weighted by Gasteiger charge is 2.16. The normalized spacial score (nSPS) is 10.6. The molecule has 0 atom stereocenters. The van der Waals surface area contributed by atoms with Crippen molar-refractivity contribution in [2.45, 2.75) is 58.8 Å². The van der Waals surface area contributed by atoms with Crippen LogP contribution in [0.1, 0.15) is 66.9 Å². The number of aryl methyl sites for hydroxylation is 1. The second-order valence-electron chi connectivity index (χ2n) is 4.72. The Hall–Kier alpha value is -1.03. The molecule has 1 aromatic heterocycles. The van der Waals surface area contributed by atoms with E-state index in [9.17, 15) is 4.79 Å². The van der Waals surface area contributed by atoms with Gasteiger partial charge in [-0.15, -0.1) is 11.3 Å². The van der Waals surface area contributed by atoms with Crippen molar-refractivity contribution in [3.63, 3.8) is 0 Å². The van der Waals surface area contributed by atoms with Gasteiger partial charge in [0.25, 0.3) is 0 Å². The van der Waals surface area contributed by atoms with Crippen LogP contribution < -0.4 is 4.74 Å². The number of carbonyl (C=O) groups is 1. The molecule has 0 aliphatic carbocycles. The van der Waals surface area contributed by atoms with Crippen LogP contribution in [0.3, 0.4) is 0 Å². The summed E-state index contributed by atoms with van der Waals surface area (Å²) in [5, 5.41) is 9.15. The third-order valence-electron chi connectivity index (χ3n) is 2.95. The van der Waals surface area contributed by atoms with E-state index in [-0.39, 0.29) is 0 Å². The van der Waals surface area contributed by atoms with Gasteiger partial charge in [-0.05, 0) is 18.9 Å². The topological polar surface area (TPSA) is 46.5 Å². The summed E-state index contributed by atoms with van der Waals surface area (Å²) >= 11 is 1.34. The van der Waals surface area contributed by atoms with Crippen LogP contribution in [0.5, 0.6) is 5.75 Å². The van der Waals surface area contributed by atoms with Crippen molar-refractivity contribution in [3.05, 3.63) is 15.8 Å². The molecular formula is C15H24O3S. The first-order valence-electron chi connectivity index (χ1n) is 7.17. The number of ether oxygens (including phenoxy) is 1. The molecular weight excluding hydrogens is 260 g/mol. The van der Waals surface area contributed by atoms with Gasteiger partial charge in [-0.2, -0.15) is 0 Å². The van der Waals surface area contributed by atoms with E-state index in [4.69, 9.17) is 9.84 Å². The number of hydrogen-bond donors (Lipinski definition) is 1. The van der Waals surface area contributed by atoms with E-state index >= 15 is 0 Å². The molecule has 0 aromatic carbocycles. The molecule has 0 unspecified atom stereocenters. The van der Waals surface area contributed by atoms with Crippen molar-refractivity contribution < 1.29 is 14.6 Å². The second kappa shape index (κ2) is 8.97. The largest absolute Gasteiger partial charge is 0.492 e. The van der Waals surface area contributed by atoms with Crippen LogP contribution in [0, 0.1) is 0 Å². The van der Waals surface area contributed by atoms with Crippen molar-refractivity contribution >= 4 is 17.3 Å². The van der Waals surface area contributed by atoms with Gasteiger partial charge in [0.15, 0.2) is 4.88 Å². The van der Waals surface area contributed by atoms with Crippen LogP contribution in [0.4, 0.5) is 0 Å². The molecule has 19 heavy (non-hydrogen) atoms. The van der Waals surface area contributed by atoms with Crippen LogP contribution in [-0.4, -0.2) is 17.7 Å². The molecule has 0 spiro atoms. The van der Waals surface area contributed by atoms with Crippen LogP contribution in [-0.2, 0) is 6.42 Å². The lowest BCUT2D eigenvalue weighted by Gasteiger charge is -2.04. The predicted molar refractivity (Wildman–Crippen MR) is 79.5 cm³/mol. The predicted octanol–water partition coefficient (Wildman–Crippen LogP) is 4.75. The molecule has 1 aromatic rings. The number of aromatic carboxylic acids is 1. The molecule has 1 heterocycles. The summed E-state index contributed by atoms with van der Waals surface area (Å²) in [6.45, 7) is 4.90. The molecule has 3 nitrogen and oxygen atoms in total. The Labute approximate surface area is 119 Å². The quantitative estimate of drug-likeness (QED) is 0.631. The minimum absolute atomic E-state index is 0.344.